The van der Waals surface area contributed by atoms with Crippen molar-refractivity contribution in [3.8, 4) is 0 Å². The maximum Gasteiger partial charge on any atom is 0.238 e. The number of hydrogen-bond donors (Lipinski definition) is 2. The van der Waals surface area contributed by atoms with Gasteiger partial charge in [-0.15, -0.1) is 0 Å². The lowest BCUT2D eigenvalue weighted by Crippen LogP contribution is -2.35. The van der Waals surface area contributed by atoms with Crippen molar-refractivity contribution < 1.29 is 4.79 Å². The molecule has 106 valence electrons. The fraction of sp³-hybridized carbons (Fsp3) is 0.500. The van der Waals surface area contributed by atoms with Gasteiger partial charge in [-0.2, -0.15) is 0 Å². The highest BCUT2D eigenvalue weighted by Crippen LogP contribution is 2.14. The number of hydrogen-bond acceptors (Lipinski definition) is 3. The fourth-order valence-electron chi connectivity index (χ4n) is 1.75. The maximum absolute atomic E-state index is 11.7. The molecule has 0 atom stereocenters. The first-order valence-corrected chi connectivity index (χ1v) is 7.02. The van der Waals surface area contributed by atoms with Crippen LogP contribution in [0.3, 0.4) is 0 Å². The van der Waals surface area contributed by atoms with E-state index >= 15 is 0 Å². The van der Waals surface area contributed by atoms with Crippen LogP contribution in [-0.4, -0.2) is 43.5 Å². The van der Waals surface area contributed by atoms with Crippen LogP contribution in [0.1, 0.15) is 13.8 Å². The highest BCUT2D eigenvalue weighted by atomic mass is 35.5. The van der Waals surface area contributed by atoms with Crippen LogP contribution in [0.4, 0.5) is 5.69 Å². The molecule has 1 rings (SSSR count). The number of halogens is 1. The average Bonchev–Trinajstić information content (AvgIpc) is 2.39. The predicted octanol–water partition coefficient (Wildman–Crippen LogP) is 2.21. The van der Waals surface area contributed by atoms with Gasteiger partial charge < -0.3 is 15.5 Å². The van der Waals surface area contributed by atoms with Crippen LogP contribution < -0.4 is 10.6 Å². The third-order valence-corrected chi connectivity index (χ3v) is 3.13. The zero-order valence-electron chi connectivity index (χ0n) is 11.6. The summed E-state index contributed by atoms with van der Waals surface area (Å²) in [6.07, 6.45) is 0. The lowest BCUT2D eigenvalue weighted by molar-refractivity contribution is -0.115. The van der Waals surface area contributed by atoms with Crippen LogP contribution in [-0.2, 0) is 4.79 Å². The van der Waals surface area contributed by atoms with E-state index in [9.17, 15) is 4.79 Å². The van der Waals surface area contributed by atoms with Gasteiger partial charge in [0, 0.05) is 23.8 Å². The highest BCUT2D eigenvalue weighted by molar-refractivity contribution is 6.30. The molecule has 2 N–H and O–H groups in total. The average molecular weight is 284 g/mol. The number of carbonyl (C=O) groups is 1. The van der Waals surface area contributed by atoms with Crippen molar-refractivity contribution in [3.05, 3.63) is 29.3 Å². The molecule has 0 unspecified atom stereocenters. The third-order valence-electron chi connectivity index (χ3n) is 2.89. The second-order valence-corrected chi connectivity index (χ2v) is 4.70. The molecular formula is C14H22ClN3O. The number of likely N-dealkylation sites (N-methyl/N-ethyl adjacent to an activating group) is 1. The van der Waals surface area contributed by atoms with E-state index < -0.39 is 0 Å². The molecule has 0 aliphatic heterocycles. The fourth-order valence-corrected chi connectivity index (χ4v) is 1.94. The summed E-state index contributed by atoms with van der Waals surface area (Å²) in [6, 6.07) is 7.14. The van der Waals surface area contributed by atoms with Crippen LogP contribution in [0, 0.1) is 0 Å². The Hall–Kier alpha value is -1.10. The summed E-state index contributed by atoms with van der Waals surface area (Å²) in [5.74, 6) is -0.0539. The largest absolute Gasteiger partial charge is 0.325 e. The van der Waals surface area contributed by atoms with Crippen LogP contribution in [0.5, 0.6) is 0 Å². The van der Waals surface area contributed by atoms with Gasteiger partial charge in [0.1, 0.15) is 0 Å². The standard InChI is InChI=1S/C14H22ClN3O/c1-3-18(4-2)9-8-16-11-14(19)17-13-7-5-6-12(15)10-13/h5-7,10,16H,3-4,8-9,11H2,1-2H3,(H,17,19). The van der Waals surface area contributed by atoms with Gasteiger partial charge in [-0.3, -0.25) is 4.79 Å². The van der Waals surface area contributed by atoms with Crippen LogP contribution in [0.2, 0.25) is 5.02 Å². The first-order valence-electron chi connectivity index (χ1n) is 6.64. The number of nitrogens with zero attached hydrogens (tertiary/aromatic N) is 1. The van der Waals surface area contributed by atoms with E-state index in [4.69, 9.17) is 11.6 Å². The number of anilines is 1. The van der Waals surface area contributed by atoms with Gasteiger partial charge in [0.15, 0.2) is 0 Å². The van der Waals surface area contributed by atoms with Crippen molar-refractivity contribution in [2.24, 2.45) is 0 Å². The van der Waals surface area contributed by atoms with Crippen molar-refractivity contribution in [1.29, 1.82) is 0 Å². The van der Waals surface area contributed by atoms with E-state index in [0.717, 1.165) is 31.9 Å². The molecule has 5 heteroatoms. The van der Waals surface area contributed by atoms with Crippen molar-refractivity contribution in [1.82, 2.24) is 10.2 Å². The quantitative estimate of drug-likeness (QED) is 0.719. The summed E-state index contributed by atoms with van der Waals surface area (Å²) in [7, 11) is 0. The minimum atomic E-state index is -0.0539. The molecule has 0 saturated carbocycles. The lowest BCUT2D eigenvalue weighted by atomic mass is 10.3. The Balaban J connectivity index is 2.21. The summed E-state index contributed by atoms with van der Waals surface area (Å²) in [4.78, 5) is 14.0. The smallest absolute Gasteiger partial charge is 0.238 e. The lowest BCUT2D eigenvalue weighted by Gasteiger charge is -2.17. The molecule has 0 fully saturated rings. The molecule has 0 spiro atoms. The number of benzene rings is 1. The Kier molecular flexibility index (Phi) is 7.48. The van der Waals surface area contributed by atoms with E-state index in [-0.39, 0.29) is 5.91 Å². The minimum absolute atomic E-state index is 0.0539. The second-order valence-electron chi connectivity index (χ2n) is 4.26. The molecule has 0 aromatic heterocycles. The molecule has 0 saturated heterocycles. The summed E-state index contributed by atoms with van der Waals surface area (Å²) in [6.45, 7) is 8.42. The van der Waals surface area contributed by atoms with Crippen molar-refractivity contribution in [2.75, 3.05) is 38.0 Å². The first-order chi connectivity index (χ1) is 9.15. The number of nitrogens with one attached hydrogen (secondary N) is 2. The zero-order chi connectivity index (χ0) is 14.1. The number of rotatable bonds is 8. The second kappa shape index (κ2) is 8.91. The van der Waals surface area contributed by atoms with Crippen molar-refractivity contribution in [2.45, 2.75) is 13.8 Å². The van der Waals surface area contributed by atoms with E-state index in [1.165, 1.54) is 0 Å². The van der Waals surface area contributed by atoms with Gasteiger partial charge in [0.05, 0.1) is 6.54 Å². The maximum atomic E-state index is 11.7. The van der Waals surface area contributed by atoms with Crippen LogP contribution in [0.25, 0.3) is 0 Å². The minimum Gasteiger partial charge on any atom is -0.325 e. The van der Waals surface area contributed by atoms with Crippen LogP contribution >= 0.6 is 11.6 Å². The molecule has 1 aromatic carbocycles. The molecule has 0 aliphatic rings. The summed E-state index contributed by atoms with van der Waals surface area (Å²) < 4.78 is 0. The molecule has 0 radical (unpaired) electrons. The summed E-state index contributed by atoms with van der Waals surface area (Å²) in [5, 5.41) is 6.55. The van der Waals surface area contributed by atoms with Gasteiger partial charge in [-0.25, -0.2) is 0 Å². The Bertz CT molecular complexity index is 394. The van der Waals surface area contributed by atoms with E-state index in [1.54, 1.807) is 12.1 Å². The third kappa shape index (κ3) is 6.57. The molecule has 19 heavy (non-hydrogen) atoms. The summed E-state index contributed by atoms with van der Waals surface area (Å²) in [5.41, 5.74) is 0.725. The van der Waals surface area contributed by atoms with E-state index in [1.807, 2.05) is 12.1 Å². The summed E-state index contributed by atoms with van der Waals surface area (Å²) >= 11 is 5.85. The van der Waals surface area contributed by atoms with E-state index in [0.29, 0.717) is 11.6 Å². The zero-order valence-corrected chi connectivity index (χ0v) is 12.3. The van der Waals surface area contributed by atoms with Crippen molar-refractivity contribution in [3.63, 3.8) is 0 Å². The molecule has 1 aromatic rings. The predicted molar refractivity (Wildman–Crippen MR) is 80.7 cm³/mol. The molecule has 0 bridgehead atoms. The van der Waals surface area contributed by atoms with Gasteiger partial charge in [-0.1, -0.05) is 31.5 Å². The van der Waals surface area contributed by atoms with Crippen molar-refractivity contribution >= 4 is 23.2 Å². The molecular weight excluding hydrogens is 262 g/mol. The first kappa shape index (κ1) is 16.0. The molecule has 0 heterocycles. The SMILES string of the molecule is CCN(CC)CCNCC(=O)Nc1cccc(Cl)c1. The van der Waals surface area contributed by atoms with Gasteiger partial charge in [0.25, 0.3) is 0 Å². The van der Waals surface area contributed by atoms with E-state index in [2.05, 4.69) is 29.4 Å². The number of amides is 1. The molecule has 1 amide bonds. The highest BCUT2D eigenvalue weighted by Gasteiger charge is 2.03. The van der Waals surface area contributed by atoms with Crippen LogP contribution in [0.15, 0.2) is 24.3 Å². The molecule has 4 nitrogen and oxygen atoms in total. The van der Waals surface area contributed by atoms with Gasteiger partial charge in [0.2, 0.25) is 5.91 Å². The Morgan fingerprint density at radius 3 is 2.68 bits per heavy atom. The monoisotopic (exact) mass is 283 g/mol. The topological polar surface area (TPSA) is 44.4 Å². The Labute approximate surface area is 120 Å². The Morgan fingerprint density at radius 2 is 2.05 bits per heavy atom. The van der Waals surface area contributed by atoms with Gasteiger partial charge >= 0.3 is 0 Å². The number of carbonyl (C=O) groups excluding carboxylic acids is 1. The normalized spacial score (nSPS) is 10.7. The molecule has 0 aliphatic carbocycles. The van der Waals surface area contributed by atoms with Gasteiger partial charge in [-0.05, 0) is 31.3 Å². The Morgan fingerprint density at radius 1 is 1.32 bits per heavy atom.